The molecule has 0 spiro atoms. The first-order valence-electron chi connectivity index (χ1n) is 7.62. The van der Waals surface area contributed by atoms with Crippen molar-refractivity contribution in [1.82, 2.24) is 15.1 Å². The van der Waals surface area contributed by atoms with Gasteiger partial charge in [-0.25, -0.2) is 9.67 Å². The van der Waals surface area contributed by atoms with Crippen molar-refractivity contribution in [2.45, 2.75) is 34.2 Å². The number of hydrogen-bond acceptors (Lipinski definition) is 2. The zero-order chi connectivity index (χ0) is 16.1. The molecule has 0 unspecified atom stereocenters. The molecule has 1 aromatic heterocycles. The first-order chi connectivity index (χ1) is 10.5. The number of guanidine groups is 1. The van der Waals surface area contributed by atoms with Gasteiger partial charge in [0.2, 0.25) is 0 Å². The molecule has 1 aromatic carbocycles. The maximum absolute atomic E-state index is 5.91. The Morgan fingerprint density at radius 3 is 2.61 bits per heavy atom. The Hall–Kier alpha value is -1.57. The second-order valence-corrected chi connectivity index (χ2v) is 5.94. The summed E-state index contributed by atoms with van der Waals surface area (Å²) in [5.41, 5.74) is 10.2. The first-order valence-corrected chi connectivity index (χ1v) is 7.62. The van der Waals surface area contributed by atoms with Crippen LogP contribution >= 0.6 is 24.0 Å². The van der Waals surface area contributed by atoms with Gasteiger partial charge in [-0.1, -0.05) is 32.0 Å². The minimum Gasteiger partial charge on any atom is -0.370 e. The van der Waals surface area contributed by atoms with E-state index in [9.17, 15) is 0 Å². The third-order valence-electron chi connectivity index (χ3n) is 3.34. The van der Waals surface area contributed by atoms with Crippen LogP contribution in [0.5, 0.6) is 0 Å². The summed E-state index contributed by atoms with van der Waals surface area (Å²) in [6.07, 6.45) is 0. The molecule has 0 radical (unpaired) electrons. The average molecular weight is 427 g/mol. The van der Waals surface area contributed by atoms with Crippen LogP contribution in [0.2, 0.25) is 0 Å². The molecule has 126 valence electrons. The quantitative estimate of drug-likeness (QED) is 0.438. The van der Waals surface area contributed by atoms with Crippen molar-refractivity contribution >= 4 is 29.9 Å². The van der Waals surface area contributed by atoms with E-state index >= 15 is 0 Å². The molecule has 5 nitrogen and oxygen atoms in total. The van der Waals surface area contributed by atoms with Gasteiger partial charge in [-0.2, -0.15) is 5.10 Å². The highest BCUT2D eigenvalue weighted by Crippen LogP contribution is 2.17. The van der Waals surface area contributed by atoms with Gasteiger partial charge in [-0.3, -0.25) is 0 Å². The second kappa shape index (κ2) is 8.90. The molecular formula is C17H26IN5. The molecule has 1 heterocycles. The molecule has 0 aliphatic heterocycles. The number of aliphatic imine (C=N–C) groups is 1. The molecule has 0 saturated carbocycles. The predicted molar refractivity (Wildman–Crippen MR) is 107 cm³/mol. The number of nitrogens with zero attached hydrogens (tertiary/aromatic N) is 3. The van der Waals surface area contributed by atoms with Gasteiger partial charge in [0.1, 0.15) is 0 Å². The van der Waals surface area contributed by atoms with E-state index in [0.29, 0.717) is 18.4 Å². The molecule has 2 aromatic rings. The number of nitrogens with one attached hydrogen (secondary N) is 1. The molecule has 0 aliphatic carbocycles. The third-order valence-corrected chi connectivity index (χ3v) is 3.34. The van der Waals surface area contributed by atoms with Crippen molar-refractivity contribution in [3.05, 3.63) is 47.3 Å². The largest absolute Gasteiger partial charge is 0.370 e. The molecule has 0 atom stereocenters. The van der Waals surface area contributed by atoms with Crippen molar-refractivity contribution in [3.8, 4) is 5.69 Å². The lowest BCUT2D eigenvalue weighted by Crippen LogP contribution is -2.34. The molecule has 0 amide bonds. The fourth-order valence-electron chi connectivity index (χ4n) is 2.26. The summed E-state index contributed by atoms with van der Waals surface area (Å²) in [4.78, 5) is 4.43. The lowest BCUT2D eigenvalue weighted by atomic mass is 10.2. The van der Waals surface area contributed by atoms with E-state index in [-0.39, 0.29) is 24.0 Å². The van der Waals surface area contributed by atoms with E-state index in [1.165, 1.54) is 0 Å². The van der Waals surface area contributed by atoms with E-state index in [2.05, 4.69) is 54.4 Å². The van der Waals surface area contributed by atoms with Gasteiger partial charge < -0.3 is 11.1 Å². The Bertz CT molecular complexity index is 661. The topological polar surface area (TPSA) is 68.2 Å². The Morgan fingerprint density at radius 2 is 2.00 bits per heavy atom. The number of rotatable bonds is 5. The highest BCUT2D eigenvalue weighted by atomic mass is 127. The Labute approximate surface area is 155 Å². The van der Waals surface area contributed by atoms with Crippen LogP contribution in [0.25, 0.3) is 5.69 Å². The van der Waals surface area contributed by atoms with E-state index in [1.54, 1.807) is 0 Å². The minimum atomic E-state index is 0. The van der Waals surface area contributed by atoms with Gasteiger partial charge in [-0.05, 0) is 37.5 Å². The molecule has 23 heavy (non-hydrogen) atoms. The van der Waals surface area contributed by atoms with Crippen molar-refractivity contribution in [2.24, 2.45) is 16.6 Å². The smallest absolute Gasteiger partial charge is 0.188 e. The van der Waals surface area contributed by atoms with Crippen molar-refractivity contribution in [1.29, 1.82) is 0 Å². The number of halogens is 1. The summed E-state index contributed by atoms with van der Waals surface area (Å²) < 4.78 is 1.96. The summed E-state index contributed by atoms with van der Waals surface area (Å²) in [6, 6.07) is 10.2. The van der Waals surface area contributed by atoms with E-state index < -0.39 is 0 Å². The first kappa shape index (κ1) is 19.5. The zero-order valence-corrected chi connectivity index (χ0v) is 16.5. The third kappa shape index (κ3) is 5.53. The Balaban J connectivity index is 0.00000264. The van der Waals surface area contributed by atoms with E-state index in [0.717, 1.165) is 29.2 Å². The zero-order valence-electron chi connectivity index (χ0n) is 14.2. The normalized spacial score (nSPS) is 11.4. The van der Waals surface area contributed by atoms with Gasteiger partial charge in [0.25, 0.3) is 0 Å². The van der Waals surface area contributed by atoms with Gasteiger partial charge in [0, 0.05) is 12.2 Å². The summed E-state index contributed by atoms with van der Waals surface area (Å²) in [7, 11) is 0. The maximum Gasteiger partial charge on any atom is 0.188 e. The van der Waals surface area contributed by atoms with Crippen LogP contribution in [0.1, 0.15) is 30.8 Å². The lowest BCUT2D eigenvalue weighted by molar-refractivity contribution is 0.621. The minimum absolute atomic E-state index is 0. The van der Waals surface area contributed by atoms with Crippen LogP contribution in [0, 0.1) is 19.8 Å². The number of para-hydroxylation sites is 1. The number of aromatic nitrogens is 2. The highest BCUT2D eigenvalue weighted by Gasteiger charge is 2.08. The summed E-state index contributed by atoms with van der Waals surface area (Å²) in [5.74, 6) is 1.02. The molecule has 6 heteroatoms. The van der Waals surface area contributed by atoms with E-state index in [4.69, 9.17) is 5.73 Å². The molecule has 2 rings (SSSR count). The number of benzene rings is 1. The Kier molecular flexibility index (Phi) is 7.54. The van der Waals surface area contributed by atoms with Gasteiger partial charge in [-0.15, -0.1) is 24.0 Å². The number of nitrogens with two attached hydrogens (primary N) is 1. The van der Waals surface area contributed by atoms with Crippen LogP contribution in [0.3, 0.4) is 0 Å². The van der Waals surface area contributed by atoms with Crippen molar-refractivity contribution in [3.63, 3.8) is 0 Å². The molecular weight excluding hydrogens is 401 g/mol. The van der Waals surface area contributed by atoms with Crippen molar-refractivity contribution < 1.29 is 0 Å². The molecule has 0 saturated heterocycles. The van der Waals surface area contributed by atoms with Crippen LogP contribution < -0.4 is 11.1 Å². The number of hydrogen-bond donors (Lipinski definition) is 2. The second-order valence-electron chi connectivity index (χ2n) is 5.94. The van der Waals surface area contributed by atoms with Crippen molar-refractivity contribution in [2.75, 3.05) is 6.54 Å². The SMILES string of the molecule is Cc1cc(C)n(-c2ccccc2CN=C(N)NCC(C)C)n1.I. The van der Waals surface area contributed by atoms with Gasteiger partial charge >= 0.3 is 0 Å². The molecule has 0 fully saturated rings. The van der Waals surface area contributed by atoms with Crippen LogP contribution in [0.15, 0.2) is 35.3 Å². The summed E-state index contributed by atoms with van der Waals surface area (Å²) in [6.45, 7) is 9.69. The predicted octanol–water partition coefficient (Wildman–Crippen LogP) is 3.17. The molecule has 0 bridgehead atoms. The van der Waals surface area contributed by atoms with Gasteiger partial charge in [0.05, 0.1) is 17.9 Å². The van der Waals surface area contributed by atoms with Crippen LogP contribution in [-0.2, 0) is 6.54 Å². The van der Waals surface area contributed by atoms with Crippen LogP contribution in [-0.4, -0.2) is 22.3 Å². The summed E-state index contributed by atoms with van der Waals surface area (Å²) >= 11 is 0. The van der Waals surface area contributed by atoms with Crippen LogP contribution in [0.4, 0.5) is 0 Å². The Morgan fingerprint density at radius 1 is 1.30 bits per heavy atom. The number of aryl methyl sites for hydroxylation is 2. The van der Waals surface area contributed by atoms with E-state index in [1.807, 2.05) is 23.7 Å². The highest BCUT2D eigenvalue weighted by molar-refractivity contribution is 14.0. The standard InChI is InChI=1S/C17H25N5.HI/c1-12(2)10-19-17(18)20-11-15-7-5-6-8-16(15)22-14(4)9-13(3)21-22;/h5-9,12H,10-11H2,1-4H3,(H3,18,19,20);1H. The maximum atomic E-state index is 5.91. The fourth-order valence-corrected chi connectivity index (χ4v) is 2.26. The summed E-state index contributed by atoms with van der Waals surface area (Å²) in [5, 5.41) is 7.68. The van der Waals surface area contributed by atoms with Gasteiger partial charge in [0.15, 0.2) is 5.96 Å². The molecule has 3 N–H and O–H groups in total. The monoisotopic (exact) mass is 427 g/mol. The molecule has 0 aliphatic rings. The lowest BCUT2D eigenvalue weighted by Gasteiger charge is -2.11. The average Bonchev–Trinajstić information content (AvgIpc) is 2.81. The fraction of sp³-hybridized carbons (Fsp3) is 0.412.